The van der Waals surface area contributed by atoms with Crippen LogP contribution in [0.25, 0.3) is 0 Å². The van der Waals surface area contributed by atoms with Gasteiger partial charge in [0.25, 0.3) is 0 Å². The Morgan fingerprint density at radius 1 is 1.50 bits per heavy atom. The molecule has 1 rings (SSSR count). The minimum absolute atomic E-state index is 0.454. The van der Waals surface area contributed by atoms with Crippen LogP contribution in [0.3, 0.4) is 0 Å². The van der Waals surface area contributed by atoms with E-state index in [2.05, 4.69) is 0 Å². The van der Waals surface area contributed by atoms with Crippen molar-refractivity contribution < 1.29 is 5.11 Å². The molecular formula is C5H7O. The standard InChI is InChI=1S/C5H7O/c6-5-3-1-2-4-5/h3-4,6H,1-2H2. The summed E-state index contributed by atoms with van der Waals surface area (Å²) in [4.78, 5) is 0. The molecule has 0 aromatic heterocycles. The number of hydrogen-bond acceptors (Lipinski definition) is 1. The van der Waals surface area contributed by atoms with E-state index in [9.17, 15) is 0 Å². The molecule has 6 heavy (non-hydrogen) atoms. The molecule has 1 nitrogen and oxygen atoms in total. The van der Waals surface area contributed by atoms with E-state index in [1.54, 1.807) is 0 Å². The molecule has 0 aromatic rings. The maximum atomic E-state index is 8.53. The summed E-state index contributed by atoms with van der Waals surface area (Å²) in [6, 6.07) is 0. The Kier molecular flexibility index (Phi) is 0.825. The summed E-state index contributed by atoms with van der Waals surface area (Å²) in [6.07, 6.45) is 5.68. The average Bonchev–Trinajstić information content (AvgIpc) is 1.86. The molecule has 1 heteroatoms. The molecule has 1 radical (unpaired) electrons. The lowest BCUT2D eigenvalue weighted by atomic mass is 10.4. The van der Waals surface area contributed by atoms with Gasteiger partial charge in [0, 0.05) is 6.42 Å². The maximum Gasteiger partial charge on any atom is 0.0921 e. The highest BCUT2D eigenvalue weighted by atomic mass is 16.3. The average molecular weight is 83.1 g/mol. The quantitative estimate of drug-likeness (QED) is 0.469. The van der Waals surface area contributed by atoms with E-state index in [-0.39, 0.29) is 0 Å². The van der Waals surface area contributed by atoms with Crippen molar-refractivity contribution in [2.75, 3.05) is 0 Å². The van der Waals surface area contributed by atoms with Gasteiger partial charge in [0.2, 0.25) is 0 Å². The molecular weight excluding hydrogens is 76.1 g/mol. The van der Waals surface area contributed by atoms with Crippen molar-refractivity contribution in [2.45, 2.75) is 12.8 Å². The van der Waals surface area contributed by atoms with Gasteiger partial charge in [-0.3, -0.25) is 0 Å². The highest BCUT2D eigenvalue weighted by Gasteiger charge is 1.98. The second-order valence-electron chi connectivity index (χ2n) is 1.41. The molecule has 0 fully saturated rings. The van der Waals surface area contributed by atoms with Gasteiger partial charge in [0.15, 0.2) is 0 Å². The second-order valence-corrected chi connectivity index (χ2v) is 1.41. The minimum Gasteiger partial charge on any atom is -0.512 e. The van der Waals surface area contributed by atoms with Gasteiger partial charge in [0.05, 0.1) is 5.76 Å². The molecule has 33 valence electrons. The largest absolute Gasteiger partial charge is 0.512 e. The van der Waals surface area contributed by atoms with Crippen molar-refractivity contribution in [1.29, 1.82) is 0 Å². The second kappa shape index (κ2) is 1.33. The van der Waals surface area contributed by atoms with Crippen LogP contribution in [-0.4, -0.2) is 5.11 Å². The topological polar surface area (TPSA) is 20.2 Å². The fourth-order valence-corrected chi connectivity index (χ4v) is 0.546. The van der Waals surface area contributed by atoms with E-state index in [0.29, 0.717) is 5.76 Å². The predicted molar refractivity (Wildman–Crippen MR) is 24.2 cm³/mol. The van der Waals surface area contributed by atoms with Gasteiger partial charge in [-0.25, -0.2) is 0 Å². The molecule has 0 aliphatic heterocycles. The molecule has 0 saturated carbocycles. The van der Waals surface area contributed by atoms with Crippen LogP contribution in [0.5, 0.6) is 0 Å². The van der Waals surface area contributed by atoms with E-state index in [1.165, 1.54) is 0 Å². The first kappa shape index (κ1) is 3.72. The summed E-state index contributed by atoms with van der Waals surface area (Å²) in [5.41, 5.74) is 0. The Morgan fingerprint density at radius 2 is 2.33 bits per heavy atom. The number of allylic oxidation sites excluding steroid dienone is 2. The van der Waals surface area contributed by atoms with Crippen LogP contribution in [0.1, 0.15) is 12.8 Å². The van der Waals surface area contributed by atoms with Crippen molar-refractivity contribution >= 4 is 0 Å². The SMILES string of the molecule is OC1=CCC[CH]1. The molecule has 1 aliphatic carbocycles. The van der Waals surface area contributed by atoms with Crippen LogP contribution >= 0.6 is 0 Å². The lowest BCUT2D eigenvalue weighted by Gasteiger charge is -1.79. The van der Waals surface area contributed by atoms with Gasteiger partial charge < -0.3 is 5.11 Å². The van der Waals surface area contributed by atoms with E-state index < -0.39 is 0 Å². The molecule has 0 heterocycles. The highest BCUT2D eigenvalue weighted by Crippen LogP contribution is 2.11. The molecule has 0 atom stereocenters. The minimum atomic E-state index is 0.454. The zero-order chi connectivity index (χ0) is 4.41. The van der Waals surface area contributed by atoms with Crippen LogP contribution in [0, 0.1) is 6.42 Å². The first-order valence-electron chi connectivity index (χ1n) is 2.12. The zero-order valence-corrected chi connectivity index (χ0v) is 3.52. The molecule has 0 spiro atoms. The summed E-state index contributed by atoms with van der Waals surface area (Å²) in [5.74, 6) is 0.454. The summed E-state index contributed by atoms with van der Waals surface area (Å²) >= 11 is 0. The van der Waals surface area contributed by atoms with Crippen LogP contribution in [0.2, 0.25) is 0 Å². The Labute approximate surface area is 37.3 Å². The highest BCUT2D eigenvalue weighted by molar-refractivity contribution is 5.09. The normalized spacial score (nSPS) is 21.0. The monoisotopic (exact) mass is 83.0 g/mol. The van der Waals surface area contributed by atoms with Crippen molar-refractivity contribution in [1.82, 2.24) is 0 Å². The molecule has 0 aromatic carbocycles. The zero-order valence-electron chi connectivity index (χ0n) is 3.52. The van der Waals surface area contributed by atoms with Crippen LogP contribution < -0.4 is 0 Å². The van der Waals surface area contributed by atoms with Crippen LogP contribution in [0.15, 0.2) is 11.8 Å². The van der Waals surface area contributed by atoms with Crippen LogP contribution in [-0.2, 0) is 0 Å². The Bertz CT molecular complexity index is 74.0. The fraction of sp³-hybridized carbons (Fsp3) is 0.400. The molecule has 0 unspecified atom stereocenters. The number of aliphatic hydroxyl groups is 1. The fourth-order valence-electron chi connectivity index (χ4n) is 0.546. The third-order valence-corrected chi connectivity index (χ3v) is 0.874. The van der Waals surface area contributed by atoms with Gasteiger partial charge in [-0.2, -0.15) is 0 Å². The molecule has 0 bridgehead atoms. The van der Waals surface area contributed by atoms with Gasteiger partial charge in [-0.05, 0) is 18.9 Å². The molecule has 0 amide bonds. The third-order valence-electron chi connectivity index (χ3n) is 0.874. The number of hydrogen-bond donors (Lipinski definition) is 1. The van der Waals surface area contributed by atoms with E-state index >= 15 is 0 Å². The first-order chi connectivity index (χ1) is 2.89. The first-order valence-corrected chi connectivity index (χ1v) is 2.12. The van der Waals surface area contributed by atoms with Crippen LogP contribution in [0.4, 0.5) is 0 Å². The van der Waals surface area contributed by atoms with Crippen molar-refractivity contribution in [3.63, 3.8) is 0 Å². The lowest BCUT2D eigenvalue weighted by Crippen LogP contribution is -1.68. The summed E-state index contributed by atoms with van der Waals surface area (Å²) < 4.78 is 0. The molecule has 1 aliphatic rings. The Morgan fingerprint density at radius 3 is 2.50 bits per heavy atom. The van der Waals surface area contributed by atoms with E-state index in [4.69, 9.17) is 5.11 Å². The third kappa shape index (κ3) is 0.534. The lowest BCUT2D eigenvalue weighted by molar-refractivity contribution is 0.424. The van der Waals surface area contributed by atoms with Gasteiger partial charge >= 0.3 is 0 Å². The maximum absolute atomic E-state index is 8.53. The Hall–Kier alpha value is -0.460. The van der Waals surface area contributed by atoms with Gasteiger partial charge in [0.1, 0.15) is 0 Å². The Balaban J connectivity index is 2.45. The smallest absolute Gasteiger partial charge is 0.0921 e. The van der Waals surface area contributed by atoms with Crippen molar-refractivity contribution in [3.05, 3.63) is 18.3 Å². The number of rotatable bonds is 0. The number of aliphatic hydroxyl groups excluding tert-OH is 1. The molecule has 1 N–H and O–H groups in total. The predicted octanol–water partition coefficient (Wildman–Crippen LogP) is 1.43. The summed E-state index contributed by atoms with van der Waals surface area (Å²) in [6.45, 7) is 0. The van der Waals surface area contributed by atoms with Gasteiger partial charge in [-0.15, -0.1) is 0 Å². The molecule has 0 saturated heterocycles. The van der Waals surface area contributed by atoms with Crippen molar-refractivity contribution in [3.8, 4) is 0 Å². The van der Waals surface area contributed by atoms with Crippen molar-refractivity contribution in [2.24, 2.45) is 0 Å². The van der Waals surface area contributed by atoms with E-state index in [1.807, 2.05) is 12.5 Å². The summed E-state index contributed by atoms with van der Waals surface area (Å²) in [7, 11) is 0. The van der Waals surface area contributed by atoms with E-state index in [0.717, 1.165) is 12.8 Å². The summed E-state index contributed by atoms with van der Waals surface area (Å²) in [5, 5.41) is 8.53. The van der Waals surface area contributed by atoms with Gasteiger partial charge in [-0.1, -0.05) is 0 Å².